The predicted octanol–water partition coefficient (Wildman–Crippen LogP) is 6.95. The lowest BCUT2D eigenvalue weighted by Crippen LogP contribution is -2.20. The van der Waals surface area contributed by atoms with Crippen molar-refractivity contribution in [3.8, 4) is 22.8 Å². The van der Waals surface area contributed by atoms with Gasteiger partial charge in [-0.2, -0.15) is 0 Å². The van der Waals surface area contributed by atoms with Crippen molar-refractivity contribution in [1.82, 2.24) is 9.97 Å². The Hall–Kier alpha value is -3.98. The minimum atomic E-state index is -4.40. The van der Waals surface area contributed by atoms with Gasteiger partial charge in [0, 0.05) is 24.0 Å². The number of aromatic nitrogens is 2. The van der Waals surface area contributed by atoms with E-state index in [0.717, 1.165) is 35.9 Å². The van der Waals surface area contributed by atoms with Crippen LogP contribution in [0.3, 0.4) is 0 Å². The molecule has 4 aromatic rings. The van der Waals surface area contributed by atoms with Crippen molar-refractivity contribution in [2.75, 3.05) is 11.4 Å². The normalized spacial score (nSPS) is 11.6. The molecule has 0 saturated heterocycles. The summed E-state index contributed by atoms with van der Waals surface area (Å²) in [6.45, 7) is 9.91. The van der Waals surface area contributed by atoms with E-state index < -0.39 is 32.2 Å². The molecule has 0 bridgehead atoms. The number of aryl methyl sites for hydroxylation is 3. The number of halogens is 1. The van der Waals surface area contributed by atoms with Gasteiger partial charge in [0.25, 0.3) is 0 Å². The first kappa shape index (κ1) is 29.0. The van der Waals surface area contributed by atoms with Gasteiger partial charge in [-0.25, -0.2) is 17.8 Å². The number of nitrogens with zero attached hydrogens (tertiary/aromatic N) is 3. The Morgan fingerprint density at radius 1 is 0.950 bits per heavy atom. The molecule has 4 rings (SSSR count). The molecule has 0 radical (unpaired) electrons. The van der Waals surface area contributed by atoms with Crippen LogP contribution in [0.2, 0.25) is 0 Å². The largest absolute Gasteiger partial charge is 0.504 e. The van der Waals surface area contributed by atoms with Crippen molar-refractivity contribution in [3.63, 3.8) is 0 Å². The summed E-state index contributed by atoms with van der Waals surface area (Å²) in [4.78, 5) is 9.24. The summed E-state index contributed by atoms with van der Waals surface area (Å²) in [6.07, 6.45) is 4.67. The van der Waals surface area contributed by atoms with Crippen LogP contribution in [-0.4, -0.2) is 35.1 Å². The highest BCUT2D eigenvalue weighted by atomic mass is 32.2. The summed E-state index contributed by atoms with van der Waals surface area (Å²) in [6, 6.07) is 11.8. The highest BCUT2D eigenvalue weighted by Gasteiger charge is 2.32. The van der Waals surface area contributed by atoms with Gasteiger partial charge in [0.05, 0.1) is 16.8 Å². The van der Waals surface area contributed by atoms with Gasteiger partial charge in [0.1, 0.15) is 11.5 Å². The molecule has 0 aliphatic heterocycles. The zero-order valence-electron chi connectivity index (χ0n) is 23.4. The van der Waals surface area contributed by atoms with Gasteiger partial charge in [-0.1, -0.05) is 31.5 Å². The Bertz CT molecular complexity index is 1630. The van der Waals surface area contributed by atoms with Crippen LogP contribution in [0, 0.1) is 26.6 Å². The molecule has 9 heteroatoms. The molecule has 2 heterocycles. The number of benzene rings is 2. The molecular formula is C31H34FN3O4S. The van der Waals surface area contributed by atoms with E-state index in [2.05, 4.69) is 9.97 Å². The Labute approximate surface area is 234 Å². The monoisotopic (exact) mass is 563 g/mol. The van der Waals surface area contributed by atoms with Gasteiger partial charge in [0.15, 0.2) is 10.6 Å². The number of hydrogen-bond acceptors (Lipinski definition) is 7. The zero-order valence-corrected chi connectivity index (χ0v) is 24.2. The second kappa shape index (κ2) is 11.6. The molecule has 2 aromatic heterocycles. The van der Waals surface area contributed by atoms with E-state index in [1.165, 1.54) is 18.3 Å². The Morgan fingerprint density at radius 3 is 2.20 bits per heavy atom. The molecule has 0 aliphatic rings. The summed E-state index contributed by atoms with van der Waals surface area (Å²) in [7, 11) is -4.40. The first-order valence-corrected chi connectivity index (χ1v) is 14.7. The number of anilines is 2. The van der Waals surface area contributed by atoms with Crippen LogP contribution in [0.5, 0.6) is 11.6 Å². The van der Waals surface area contributed by atoms with Gasteiger partial charge in [-0.3, -0.25) is 4.98 Å². The number of rotatable bonds is 9. The van der Waals surface area contributed by atoms with Gasteiger partial charge >= 0.3 is 0 Å². The molecule has 0 unspecified atom stereocenters. The number of unbranched alkanes of at least 4 members (excludes halogenated alkanes) is 1. The first-order chi connectivity index (χ1) is 19.0. The van der Waals surface area contributed by atoms with E-state index in [9.17, 15) is 23.0 Å². The summed E-state index contributed by atoms with van der Waals surface area (Å²) < 4.78 is 41.7. The van der Waals surface area contributed by atoms with E-state index in [-0.39, 0.29) is 10.6 Å². The maximum Gasteiger partial charge on any atom is 0.234 e. The smallest absolute Gasteiger partial charge is 0.234 e. The zero-order chi connectivity index (χ0) is 29.2. The number of sulfone groups is 1. The highest BCUT2D eigenvalue weighted by Crippen LogP contribution is 2.46. The number of hydrogen-bond donors (Lipinski definition) is 2. The highest BCUT2D eigenvalue weighted by molar-refractivity contribution is 7.91. The maximum absolute atomic E-state index is 14.0. The Morgan fingerprint density at radius 2 is 1.60 bits per heavy atom. The van der Waals surface area contributed by atoms with E-state index in [1.54, 1.807) is 19.1 Å². The third kappa shape index (κ3) is 5.51. The fraction of sp³-hybridized carbons (Fsp3) is 0.290. The van der Waals surface area contributed by atoms with E-state index in [0.29, 0.717) is 35.3 Å². The summed E-state index contributed by atoms with van der Waals surface area (Å²) in [5.41, 5.74) is 5.01. The molecule has 2 aromatic carbocycles. The van der Waals surface area contributed by atoms with E-state index in [1.807, 2.05) is 50.8 Å². The Kier molecular flexibility index (Phi) is 8.44. The van der Waals surface area contributed by atoms with Crippen LogP contribution >= 0.6 is 0 Å². The van der Waals surface area contributed by atoms with Crippen molar-refractivity contribution in [2.45, 2.75) is 63.7 Å². The summed E-state index contributed by atoms with van der Waals surface area (Å²) in [5.74, 6) is -1.76. The second-order valence-electron chi connectivity index (χ2n) is 9.92. The van der Waals surface area contributed by atoms with Crippen molar-refractivity contribution in [2.24, 2.45) is 0 Å². The molecule has 0 saturated carbocycles. The molecule has 2 N–H and O–H groups in total. The molecule has 40 heavy (non-hydrogen) atoms. The van der Waals surface area contributed by atoms with Gasteiger partial charge in [-0.05, 0) is 87.1 Å². The van der Waals surface area contributed by atoms with E-state index in [4.69, 9.17) is 0 Å². The van der Waals surface area contributed by atoms with Crippen LogP contribution in [0.4, 0.5) is 15.8 Å². The molecule has 0 atom stereocenters. The fourth-order valence-electron chi connectivity index (χ4n) is 4.93. The van der Waals surface area contributed by atoms with Crippen LogP contribution in [-0.2, 0) is 16.3 Å². The molecule has 7 nitrogen and oxygen atoms in total. The fourth-order valence-corrected chi connectivity index (χ4v) is 6.30. The van der Waals surface area contributed by atoms with Crippen molar-refractivity contribution >= 4 is 21.2 Å². The molecule has 0 amide bonds. The minimum absolute atomic E-state index is 0.146. The average Bonchev–Trinajstić information content (AvgIpc) is 2.90. The molecular weight excluding hydrogens is 529 g/mol. The third-order valence-corrected chi connectivity index (χ3v) is 8.73. The lowest BCUT2D eigenvalue weighted by molar-refractivity contribution is 0.405. The predicted molar refractivity (Wildman–Crippen MR) is 155 cm³/mol. The number of aromatic hydroxyl groups is 2. The minimum Gasteiger partial charge on any atom is -0.504 e. The Balaban J connectivity index is 1.87. The van der Waals surface area contributed by atoms with Crippen LogP contribution < -0.4 is 4.90 Å². The lowest BCUT2D eigenvalue weighted by Gasteiger charge is -2.28. The van der Waals surface area contributed by atoms with Crippen molar-refractivity contribution in [1.29, 1.82) is 0 Å². The van der Waals surface area contributed by atoms with Crippen molar-refractivity contribution < 1.29 is 23.0 Å². The van der Waals surface area contributed by atoms with Gasteiger partial charge < -0.3 is 15.1 Å². The molecule has 0 spiro atoms. The maximum atomic E-state index is 14.0. The number of pyridine rings is 2. The van der Waals surface area contributed by atoms with Crippen LogP contribution in [0.1, 0.15) is 49.1 Å². The lowest BCUT2D eigenvalue weighted by atomic mass is 10.0. The summed E-state index contributed by atoms with van der Waals surface area (Å²) >= 11 is 0. The standard InChI is InChI=1S/C31H34FN3O4S/c1-6-8-9-27-28(35(7-2)23-15-19(3)14-20(4)16-23)29(36)30(31(37)34-27)40(38,39)24-12-10-22(11-13-24)25-17-33-18-26(32)21(25)5/h10-18H,6-9H2,1-5H3,(H2,34,36,37). The van der Waals surface area contributed by atoms with Crippen LogP contribution in [0.15, 0.2) is 64.6 Å². The van der Waals surface area contributed by atoms with Crippen molar-refractivity contribution in [3.05, 3.63) is 83.1 Å². The first-order valence-electron chi connectivity index (χ1n) is 13.3. The van der Waals surface area contributed by atoms with Gasteiger partial charge in [0.2, 0.25) is 15.7 Å². The second-order valence-corrected chi connectivity index (χ2v) is 11.8. The summed E-state index contributed by atoms with van der Waals surface area (Å²) in [5, 5.41) is 22.5. The average molecular weight is 564 g/mol. The van der Waals surface area contributed by atoms with Crippen LogP contribution in [0.25, 0.3) is 11.1 Å². The molecule has 0 fully saturated rings. The topological polar surface area (TPSA) is 104 Å². The SMILES string of the molecule is CCCCc1nc(O)c(S(=O)(=O)c2ccc(-c3cncc(F)c3C)cc2)c(O)c1N(CC)c1cc(C)cc(C)c1. The molecule has 0 aliphatic carbocycles. The third-order valence-electron chi connectivity index (χ3n) is 6.93. The van der Waals surface area contributed by atoms with Gasteiger partial charge in [-0.15, -0.1) is 0 Å². The molecule has 210 valence electrons. The van der Waals surface area contributed by atoms with E-state index >= 15 is 0 Å². The quantitative estimate of drug-likeness (QED) is 0.227.